The average molecular weight is 464 g/mol. The summed E-state index contributed by atoms with van der Waals surface area (Å²) in [4.78, 5) is 34.9. The van der Waals surface area contributed by atoms with Crippen LogP contribution in [0, 0.1) is 6.92 Å². The van der Waals surface area contributed by atoms with E-state index in [0.717, 1.165) is 40.6 Å². The van der Waals surface area contributed by atoms with Crippen molar-refractivity contribution in [3.63, 3.8) is 0 Å². The first-order valence-electron chi connectivity index (χ1n) is 10.5. The number of aromatic nitrogens is 4. The Labute approximate surface area is 187 Å². The Morgan fingerprint density at radius 2 is 2.03 bits per heavy atom. The average Bonchev–Trinajstić information content (AvgIpc) is 3.33. The molecule has 0 aromatic carbocycles. The molecule has 3 heterocycles. The topological polar surface area (TPSA) is 98.5 Å². The van der Waals surface area contributed by atoms with Gasteiger partial charge in [0.1, 0.15) is 10.7 Å². The van der Waals surface area contributed by atoms with Crippen LogP contribution in [0.25, 0.3) is 5.78 Å². The van der Waals surface area contributed by atoms with Crippen molar-refractivity contribution in [2.75, 3.05) is 5.32 Å². The smallest absolute Gasteiger partial charge is 0.341 e. The molecule has 1 aliphatic carbocycles. The molecule has 8 nitrogen and oxygen atoms in total. The first kappa shape index (κ1) is 22.3. The highest BCUT2D eigenvalue weighted by Gasteiger charge is 2.29. The molecule has 4 rings (SSSR count). The van der Waals surface area contributed by atoms with Crippen LogP contribution in [0.1, 0.15) is 82.3 Å². The monoisotopic (exact) mass is 463 g/mol. The third-order valence-electron chi connectivity index (χ3n) is 5.38. The van der Waals surface area contributed by atoms with Gasteiger partial charge in [0.15, 0.2) is 0 Å². The summed E-state index contributed by atoms with van der Waals surface area (Å²) in [7, 11) is 0. The second-order valence-electron chi connectivity index (χ2n) is 7.76. The number of thiophene rings is 1. The molecule has 3 aromatic heterocycles. The van der Waals surface area contributed by atoms with Crippen LogP contribution in [-0.4, -0.2) is 37.6 Å². The summed E-state index contributed by atoms with van der Waals surface area (Å²) in [6.45, 7) is 5.29. The maximum absolute atomic E-state index is 13.4. The number of aryl methyl sites for hydroxylation is 2. The molecular formula is C21H23F2N5O3S. The Morgan fingerprint density at radius 3 is 2.75 bits per heavy atom. The fraction of sp³-hybridized carbons (Fsp3) is 0.476. The lowest BCUT2D eigenvalue weighted by Crippen LogP contribution is -2.19. The van der Waals surface area contributed by atoms with Gasteiger partial charge in [0, 0.05) is 10.6 Å². The number of ether oxygens (including phenoxy) is 1. The summed E-state index contributed by atoms with van der Waals surface area (Å²) in [5.41, 5.74) is 1.21. The van der Waals surface area contributed by atoms with Crippen molar-refractivity contribution in [3.05, 3.63) is 39.3 Å². The molecule has 1 amide bonds. The van der Waals surface area contributed by atoms with Gasteiger partial charge in [-0.1, -0.05) is 6.92 Å². The quantitative estimate of drug-likeness (QED) is 0.540. The van der Waals surface area contributed by atoms with Crippen molar-refractivity contribution in [1.29, 1.82) is 0 Å². The lowest BCUT2D eigenvalue weighted by atomic mass is 9.95. The van der Waals surface area contributed by atoms with Crippen LogP contribution in [0.2, 0.25) is 0 Å². The molecule has 11 heteroatoms. The fourth-order valence-electron chi connectivity index (χ4n) is 3.62. The van der Waals surface area contributed by atoms with Crippen LogP contribution in [0.4, 0.5) is 13.8 Å². The van der Waals surface area contributed by atoms with Crippen molar-refractivity contribution < 1.29 is 23.1 Å². The molecule has 0 saturated heterocycles. The van der Waals surface area contributed by atoms with Crippen LogP contribution in [0.3, 0.4) is 0 Å². The lowest BCUT2D eigenvalue weighted by Gasteiger charge is -2.15. The first-order valence-corrected chi connectivity index (χ1v) is 11.3. The van der Waals surface area contributed by atoms with E-state index in [-0.39, 0.29) is 17.7 Å². The van der Waals surface area contributed by atoms with Gasteiger partial charge < -0.3 is 10.1 Å². The van der Waals surface area contributed by atoms with Crippen molar-refractivity contribution >= 4 is 34.0 Å². The SMILES string of the molecule is CC[C@@H](C)OC(=O)c1c(NC(=O)c2nc3nc(C)cc(C(F)F)n3n2)sc2c1CCCC2. The molecule has 32 heavy (non-hydrogen) atoms. The highest BCUT2D eigenvalue weighted by atomic mass is 32.1. The molecule has 0 spiro atoms. The number of alkyl halides is 2. The highest BCUT2D eigenvalue weighted by molar-refractivity contribution is 7.17. The number of carbonyl (C=O) groups excluding carboxylic acids is 2. The van der Waals surface area contributed by atoms with Crippen molar-refractivity contribution in [1.82, 2.24) is 19.6 Å². The van der Waals surface area contributed by atoms with Crippen molar-refractivity contribution in [3.8, 4) is 0 Å². The molecular weight excluding hydrogens is 440 g/mol. The zero-order valence-corrected chi connectivity index (χ0v) is 18.8. The molecule has 0 unspecified atom stereocenters. The summed E-state index contributed by atoms with van der Waals surface area (Å²) in [5.74, 6) is -1.58. The van der Waals surface area contributed by atoms with Crippen molar-refractivity contribution in [2.45, 2.75) is 65.4 Å². The van der Waals surface area contributed by atoms with E-state index in [9.17, 15) is 18.4 Å². The lowest BCUT2D eigenvalue weighted by molar-refractivity contribution is 0.0335. The van der Waals surface area contributed by atoms with Gasteiger partial charge >= 0.3 is 5.97 Å². The minimum atomic E-state index is -2.80. The van der Waals surface area contributed by atoms with Crippen molar-refractivity contribution in [2.24, 2.45) is 0 Å². The van der Waals surface area contributed by atoms with E-state index in [2.05, 4.69) is 20.4 Å². The molecule has 1 N–H and O–H groups in total. The first-order chi connectivity index (χ1) is 15.3. The van der Waals surface area contributed by atoms with Crippen LogP contribution >= 0.6 is 11.3 Å². The molecule has 0 radical (unpaired) electrons. The standard InChI is InChI=1S/C21H23F2N5O3S/c1-4-11(3)31-20(30)15-12-7-5-6-8-14(12)32-19(15)26-18(29)17-25-21-24-10(2)9-13(16(22)23)28(21)27-17/h9,11,16H,4-8H2,1-3H3,(H,26,29)/t11-/m1/s1. The summed E-state index contributed by atoms with van der Waals surface area (Å²) in [6.07, 6.45) is 1.14. The molecule has 0 bridgehead atoms. The number of rotatable bonds is 6. The zero-order valence-electron chi connectivity index (χ0n) is 17.9. The minimum Gasteiger partial charge on any atom is -0.459 e. The highest BCUT2D eigenvalue weighted by Crippen LogP contribution is 2.39. The van der Waals surface area contributed by atoms with Gasteiger partial charge in [-0.05, 0) is 57.6 Å². The number of hydrogen-bond acceptors (Lipinski definition) is 7. The van der Waals surface area contributed by atoms with E-state index < -0.39 is 24.0 Å². The molecule has 0 fully saturated rings. The van der Waals surface area contributed by atoms with Gasteiger partial charge in [-0.3, -0.25) is 4.79 Å². The summed E-state index contributed by atoms with van der Waals surface area (Å²) < 4.78 is 33.1. The van der Waals surface area contributed by atoms with Gasteiger partial charge in [-0.25, -0.2) is 18.6 Å². The Bertz CT molecular complexity index is 1190. The van der Waals surface area contributed by atoms with Crippen LogP contribution in [0.5, 0.6) is 0 Å². The minimum absolute atomic E-state index is 0.0904. The Balaban J connectivity index is 1.68. The number of nitrogens with one attached hydrogen (secondary N) is 1. The third-order valence-corrected chi connectivity index (χ3v) is 6.59. The number of hydrogen-bond donors (Lipinski definition) is 1. The third kappa shape index (κ3) is 4.21. The molecule has 1 aliphatic rings. The van der Waals surface area contributed by atoms with Gasteiger partial charge in [0.25, 0.3) is 18.1 Å². The van der Waals surface area contributed by atoms with E-state index in [1.165, 1.54) is 17.4 Å². The predicted molar refractivity (Wildman–Crippen MR) is 115 cm³/mol. The number of carbonyl (C=O) groups is 2. The maximum atomic E-state index is 13.4. The van der Waals surface area contributed by atoms with E-state index in [4.69, 9.17) is 4.74 Å². The summed E-state index contributed by atoms with van der Waals surface area (Å²) >= 11 is 1.33. The number of esters is 1. The Kier molecular flexibility index (Phi) is 6.18. The van der Waals surface area contributed by atoms with Gasteiger partial charge in [0.2, 0.25) is 5.82 Å². The maximum Gasteiger partial charge on any atom is 0.341 e. The van der Waals surface area contributed by atoms with Gasteiger partial charge in [-0.2, -0.15) is 9.50 Å². The second-order valence-corrected chi connectivity index (χ2v) is 8.87. The molecule has 0 saturated carbocycles. The van der Waals surface area contributed by atoms with Crippen LogP contribution < -0.4 is 5.32 Å². The fourth-order valence-corrected chi connectivity index (χ4v) is 4.89. The van der Waals surface area contributed by atoms with E-state index in [1.54, 1.807) is 6.92 Å². The number of anilines is 1. The van der Waals surface area contributed by atoms with E-state index in [1.807, 2.05) is 13.8 Å². The molecule has 170 valence electrons. The summed E-state index contributed by atoms with van der Waals surface area (Å²) in [5, 5.41) is 7.00. The number of halogens is 2. The predicted octanol–water partition coefficient (Wildman–Crippen LogP) is 4.52. The van der Waals surface area contributed by atoms with E-state index in [0.29, 0.717) is 22.7 Å². The Morgan fingerprint density at radius 1 is 1.28 bits per heavy atom. The number of fused-ring (bicyclic) bond motifs is 2. The zero-order chi connectivity index (χ0) is 23.0. The second kappa shape index (κ2) is 8.89. The molecule has 0 aliphatic heterocycles. The van der Waals surface area contributed by atoms with Gasteiger partial charge in [-0.15, -0.1) is 16.4 Å². The van der Waals surface area contributed by atoms with Gasteiger partial charge in [0.05, 0.1) is 11.7 Å². The number of amides is 1. The normalized spacial score (nSPS) is 14.4. The van der Waals surface area contributed by atoms with Crippen LogP contribution in [-0.2, 0) is 17.6 Å². The van der Waals surface area contributed by atoms with E-state index >= 15 is 0 Å². The Hall–Kier alpha value is -2.95. The molecule has 3 aromatic rings. The number of nitrogens with zero attached hydrogens (tertiary/aromatic N) is 4. The molecule has 1 atom stereocenters. The summed E-state index contributed by atoms with van der Waals surface area (Å²) in [6, 6.07) is 1.20. The van der Waals surface area contributed by atoms with Crippen LogP contribution in [0.15, 0.2) is 6.07 Å². The largest absolute Gasteiger partial charge is 0.459 e.